The van der Waals surface area contributed by atoms with Gasteiger partial charge in [0.2, 0.25) is 0 Å². The van der Waals surface area contributed by atoms with E-state index in [0.717, 1.165) is 0 Å². The molecular formula is C9H13O5-. The molecule has 0 fully saturated rings. The number of rotatable bonds is 5. The fourth-order valence-electron chi connectivity index (χ4n) is 0.753. The molecule has 0 saturated carbocycles. The predicted molar refractivity (Wildman–Crippen MR) is 46.0 cm³/mol. The lowest BCUT2D eigenvalue weighted by atomic mass is 10.2. The lowest BCUT2D eigenvalue weighted by Crippen LogP contribution is -2.15. The maximum Gasteiger partial charge on any atom is 0.333 e. The molecule has 0 aliphatic rings. The van der Waals surface area contributed by atoms with Crippen LogP contribution < -0.4 is 5.11 Å². The van der Waals surface area contributed by atoms with Crippen molar-refractivity contribution in [3.05, 3.63) is 11.8 Å². The number of esters is 2. The number of carbonyl (C=O) groups excluding carboxylic acids is 2. The molecule has 0 radical (unpaired) electrons. The topological polar surface area (TPSA) is 75.7 Å². The molecule has 0 aliphatic carbocycles. The van der Waals surface area contributed by atoms with Crippen molar-refractivity contribution < 1.29 is 24.2 Å². The normalized spacial score (nSPS) is 10.9. The zero-order chi connectivity index (χ0) is 11.0. The molecule has 5 heteroatoms. The molecule has 5 nitrogen and oxygen atoms in total. The van der Waals surface area contributed by atoms with E-state index in [0.29, 0.717) is 6.26 Å². The monoisotopic (exact) mass is 201 g/mol. The van der Waals surface area contributed by atoms with Gasteiger partial charge < -0.3 is 14.6 Å². The van der Waals surface area contributed by atoms with Crippen molar-refractivity contribution in [2.75, 3.05) is 13.2 Å². The first-order valence-electron chi connectivity index (χ1n) is 4.29. The van der Waals surface area contributed by atoms with E-state index in [4.69, 9.17) is 0 Å². The van der Waals surface area contributed by atoms with Crippen LogP contribution in [-0.4, -0.2) is 25.2 Å². The average Bonchev–Trinajstić information content (AvgIpc) is 2.15. The summed E-state index contributed by atoms with van der Waals surface area (Å²) >= 11 is 0. The van der Waals surface area contributed by atoms with Gasteiger partial charge in [-0.2, -0.15) is 0 Å². The van der Waals surface area contributed by atoms with Gasteiger partial charge in [-0.3, -0.25) is 4.79 Å². The SMILES string of the molecule is CCOC(=O)CC(=C[O-])C(=O)OCC. The van der Waals surface area contributed by atoms with E-state index in [2.05, 4.69) is 9.47 Å². The van der Waals surface area contributed by atoms with Crippen LogP contribution in [0.5, 0.6) is 0 Å². The lowest BCUT2D eigenvalue weighted by molar-refractivity contribution is -0.276. The van der Waals surface area contributed by atoms with Crippen LogP contribution in [0.4, 0.5) is 0 Å². The van der Waals surface area contributed by atoms with E-state index in [9.17, 15) is 14.7 Å². The Morgan fingerprint density at radius 3 is 2.21 bits per heavy atom. The molecule has 0 aromatic rings. The van der Waals surface area contributed by atoms with Gasteiger partial charge in [0.25, 0.3) is 0 Å². The summed E-state index contributed by atoms with van der Waals surface area (Å²) < 4.78 is 9.13. The molecule has 0 aromatic carbocycles. The van der Waals surface area contributed by atoms with Crippen molar-refractivity contribution in [3.8, 4) is 0 Å². The Labute approximate surface area is 82.3 Å². The zero-order valence-electron chi connectivity index (χ0n) is 8.24. The molecule has 0 unspecified atom stereocenters. The van der Waals surface area contributed by atoms with E-state index in [1.165, 1.54) is 0 Å². The smallest absolute Gasteiger partial charge is 0.333 e. The Bertz CT molecular complexity index is 231. The molecule has 0 aromatic heterocycles. The molecule has 0 aliphatic heterocycles. The quantitative estimate of drug-likeness (QED) is 0.348. The Kier molecular flexibility index (Phi) is 6.19. The maximum absolute atomic E-state index is 11.0. The summed E-state index contributed by atoms with van der Waals surface area (Å²) in [4.78, 5) is 21.9. The minimum atomic E-state index is -0.768. The highest BCUT2D eigenvalue weighted by Crippen LogP contribution is 2.04. The number of ether oxygens (including phenoxy) is 2. The molecule has 14 heavy (non-hydrogen) atoms. The summed E-state index contributed by atoms with van der Waals surface area (Å²) in [6, 6.07) is 0. The van der Waals surface area contributed by atoms with Gasteiger partial charge in [-0.25, -0.2) is 4.79 Å². The second kappa shape index (κ2) is 6.94. The molecule has 0 rings (SSSR count). The summed E-state index contributed by atoms with van der Waals surface area (Å²) in [6.07, 6.45) is -0.0227. The summed E-state index contributed by atoms with van der Waals surface area (Å²) in [7, 11) is 0. The van der Waals surface area contributed by atoms with Crippen molar-refractivity contribution in [1.82, 2.24) is 0 Å². The molecule has 0 atom stereocenters. The summed E-state index contributed by atoms with van der Waals surface area (Å²) in [5.74, 6) is -1.38. The zero-order valence-corrected chi connectivity index (χ0v) is 8.24. The minimum absolute atomic E-state index is 0.166. The van der Waals surface area contributed by atoms with Crippen molar-refractivity contribution in [1.29, 1.82) is 0 Å². The molecule has 0 spiro atoms. The number of hydrogen-bond donors (Lipinski definition) is 0. The molecule has 80 valence electrons. The summed E-state index contributed by atoms with van der Waals surface area (Å²) in [5.41, 5.74) is -0.217. The van der Waals surface area contributed by atoms with Crippen molar-refractivity contribution >= 4 is 11.9 Å². The number of hydrogen-bond acceptors (Lipinski definition) is 5. The predicted octanol–water partition coefficient (Wildman–Crippen LogP) is -0.253. The van der Waals surface area contributed by atoms with Crippen LogP contribution in [0.2, 0.25) is 0 Å². The van der Waals surface area contributed by atoms with Gasteiger partial charge in [0.15, 0.2) is 0 Å². The van der Waals surface area contributed by atoms with E-state index in [1.807, 2.05) is 0 Å². The van der Waals surface area contributed by atoms with E-state index >= 15 is 0 Å². The standard InChI is InChI=1S/C9H14O5/c1-3-13-8(11)5-7(6-10)9(12)14-4-2/h6,10H,3-5H2,1-2H3/p-1. The first-order chi connectivity index (χ1) is 6.65. The lowest BCUT2D eigenvalue weighted by Gasteiger charge is -2.08. The number of carbonyl (C=O) groups is 2. The molecule has 0 saturated heterocycles. The average molecular weight is 201 g/mol. The fourth-order valence-corrected chi connectivity index (χ4v) is 0.753. The fraction of sp³-hybridized carbons (Fsp3) is 0.556. The van der Waals surface area contributed by atoms with Crippen LogP contribution in [0.1, 0.15) is 20.3 Å². The van der Waals surface area contributed by atoms with Gasteiger partial charge >= 0.3 is 11.9 Å². The van der Waals surface area contributed by atoms with E-state index in [1.54, 1.807) is 13.8 Å². The largest absolute Gasteiger partial charge is 0.878 e. The van der Waals surface area contributed by atoms with E-state index < -0.39 is 11.9 Å². The highest BCUT2D eigenvalue weighted by atomic mass is 16.5. The Hall–Kier alpha value is -1.52. The van der Waals surface area contributed by atoms with Crippen molar-refractivity contribution in [2.24, 2.45) is 0 Å². The second-order valence-corrected chi connectivity index (χ2v) is 2.35. The van der Waals surface area contributed by atoms with Crippen LogP contribution in [0.3, 0.4) is 0 Å². The Morgan fingerprint density at radius 1 is 1.21 bits per heavy atom. The Balaban J connectivity index is 4.17. The molecular weight excluding hydrogens is 188 g/mol. The van der Waals surface area contributed by atoms with Gasteiger partial charge in [0.1, 0.15) is 0 Å². The van der Waals surface area contributed by atoms with Crippen molar-refractivity contribution in [2.45, 2.75) is 20.3 Å². The maximum atomic E-state index is 11.0. The van der Waals surface area contributed by atoms with Crippen LogP contribution in [-0.2, 0) is 19.1 Å². The highest BCUT2D eigenvalue weighted by molar-refractivity contribution is 5.93. The first-order valence-corrected chi connectivity index (χ1v) is 4.29. The van der Waals surface area contributed by atoms with Crippen LogP contribution in [0.25, 0.3) is 0 Å². The second-order valence-electron chi connectivity index (χ2n) is 2.35. The molecule has 0 N–H and O–H groups in total. The Morgan fingerprint density at radius 2 is 1.79 bits per heavy atom. The minimum Gasteiger partial charge on any atom is -0.878 e. The van der Waals surface area contributed by atoms with Gasteiger partial charge in [-0.15, -0.1) is 6.26 Å². The highest BCUT2D eigenvalue weighted by Gasteiger charge is 2.13. The van der Waals surface area contributed by atoms with Crippen LogP contribution >= 0.6 is 0 Å². The molecule has 0 bridgehead atoms. The molecule has 0 amide bonds. The van der Waals surface area contributed by atoms with Gasteiger partial charge in [0, 0.05) is 5.57 Å². The third-order valence-electron chi connectivity index (χ3n) is 1.32. The third-order valence-corrected chi connectivity index (χ3v) is 1.32. The third kappa shape index (κ3) is 4.49. The van der Waals surface area contributed by atoms with Crippen molar-refractivity contribution in [3.63, 3.8) is 0 Å². The van der Waals surface area contributed by atoms with E-state index in [-0.39, 0.29) is 25.2 Å². The van der Waals surface area contributed by atoms with Crippen LogP contribution in [0.15, 0.2) is 11.8 Å². The van der Waals surface area contributed by atoms with Gasteiger partial charge in [-0.1, -0.05) is 0 Å². The molecule has 0 heterocycles. The summed E-state index contributed by atoms with van der Waals surface area (Å²) in [5, 5.41) is 10.4. The summed E-state index contributed by atoms with van der Waals surface area (Å²) in [6.45, 7) is 3.64. The first kappa shape index (κ1) is 12.5. The van der Waals surface area contributed by atoms with Gasteiger partial charge in [0.05, 0.1) is 19.6 Å². The van der Waals surface area contributed by atoms with Gasteiger partial charge in [-0.05, 0) is 13.8 Å². The van der Waals surface area contributed by atoms with Crippen LogP contribution in [0, 0.1) is 0 Å².